The molecule has 0 spiro atoms. The monoisotopic (exact) mass is 636 g/mol. The van der Waals surface area contributed by atoms with Gasteiger partial charge in [-0.05, 0) is 65.1 Å². The maximum absolute atomic E-state index is 13.0. The molecular formula is C25H60O5Si7. The molecule has 0 aromatic heterocycles. The Balaban J connectivity index is 4.18. The Kier molecular flexibility index (Phi) is 12.2. The number of carbonyl (C=O) groups is 1. The number of hydrogen-bond donors (Lipinski definition) is 0. The van der Waals surface area contributed by atoms with E-state index in [1.807, 2.05) is 0 Å². The zero-order chi connectivity index (χ0) is 29.3. The minimum Gasteiger partial charge on any atom is -0.455 e. The zero-order valence-electron chi connectivity index (χ0n) is 27.0. The number of carbonyl (C=O) groups excluding carboxylic acids is 1. The van der Waals surface area contributed by atoms with Gasteiger partial charge in [0, 0.05) is 33.6 Å². The number of esters is 1. The van der Waals surface area contributed by atoms with Crippen molar-refractivity contribution in [1.29, 1.82) is 0 Å². The van der Waals surface area contributed by atoms with Crippen LogP contribution in [0.15, 0.2) is 12.7 Å². The van der Waals surface area contributed by atoms with Crippen LogP contribution in [0.25, 0.3) is 0 Å². The van der Waals surface area contributed by atoms with Crippen molar-refractivity contribution >= 4 is 65.1 Å². The highest BCUT2D eigenvalue weighted by Gasteiger charge is 2.74. The molecule has 0 amide bonds. The summed E-state index contributed by atoms with van der Waals surface area (Å²) in [5, 5.41) is -0.475. The van der Waals surface area contributed by atoms with E-state index in [9.17, 15) is 4.79 Å². The maximum atomic E-state index is 13.0. The first-order valence-corrected chi connectivity index (χ1v) is 37.8. The molecule has 0 aliphatic carbocycles. The molecule has 2 atom stereocenters. The molecule has 1 fully saturated rings. The van der Waals surface area contributed by atoms with Crippen LogP contribution in [0.1, 0.15) is 69.2 Å². The molecule has 0 aromatic rings. The Hall–Kier alpha value is 0.608. The van der Waals surface area contributed by atoms with Gasteiger partial charge in [0.15, 0.2) is 16.6 Å². The van der Waals surface area contributed by atoms with E-state index in [1.54, 1.807) is 0 Å². The Morgan fingerprint density at radius 2 is 1.41 bits per heavy atom. The molecule has 1 aliphatic rings. The molecule has 0 radical (unpaired) electrons. The third-order valence-electron chi connectivity index (χ3n) is 9.26. The summed E-state index contributed by atoms with van der Waals surface area (Å²) in [4.78, 5) is 13.0. The van der Waals surface area contributed by atoms with Gasteiger partial charge in [0.1, 0.15) is 13.7 Å². The largest absolute Gasteiger partial charge is 0.475 e. The third kappa shape index (κ3) is 7.10. The molecule has 37 heavy (non-hydrogen) atoms. The Labute approximate surface area is 240 Å². The molecule has 1 aliphatic heterocycles. The van der Waals surface area contributed by atoms with Crippen LogP contribution in [-0.4, -0.2) is 70.7 Å². The van der Waals surface area contributed by atoms with E-state index in [-0.39, 0.29) is 40.8 Å². The van der Waals surface area contributed by atoms with Crippen molar-refractivity contribution in [3.05, 3.63) is 12.7 Å². The summed E-state index contributed by atoms with van der Waals surface area (Å²) in [6.07, 6.45) is 1.32. The lowest BCUT2D eigenvalue weighted by Gasteiger charge is -2.65. The highest BCUT2D eigenvalue weighted by Crippen LogP contribution is 2.67. The highest BCUT2D eigenvalue weighted by molar-refractivity contribution is 7.80. The molecule has 0 bridgehead atoms. The first-order valence-electron chi connectivity index (χ1n) is 14.5. The molecule has 12 heteroatoms. The molecule has 1 heterocycles. The van der Waals surface area contributed by atoms with Gasteiger partial charge in [-0.2, -0.15) is 0 Å². The van der Waals surface area contributed by atoms with Crippen LogP contribution in [0.3, 0.4) is 0 Å². The molecule has 1 rings (SSSR count). The average molecular weight is 637 g/mol. The predicted octanol–water partition coefficient (Wildman–Crippen LogP) is 4.32. The Morgan fingerprint density at radius 3 is 1.70 bits per heavy atom. The van der Waals surface area contributed by atoms with Crippen molar-refractivity contribution in [3.8, 4) is 0 Å². The average Bonchev–Trinajstić information content (AvgIpc) is 2.71. The van der Waals surface area contributed by atoms with Crippen LogP contribution in [0.4, 0.5) is 0 Å². The predicted molar refractivity (Wildman–Crippen MR) is 179 cm³/mol. The van der Waals surface area contributed by atoms with E-state index in [4.69, 9.17) is 17.1 Å². The highest BCUT2D eigenvalue weighted by atomic mass is 30.1. The van der Waals surface area contributed by atoms with Crippen molar-refractivity contribution in [2.75, 3.05) is 0 Å². The van der Waals surface area contributed by atoms with Gasteiger partial charge >= 0.3 is 14.8 Å². The number of hydrogen-bond acceptors (Lipinski definition) is 5. The van der Waals surface area contributed by atoms with Crippen LogP contribution >= 0.6 is 0 Å². The standard InChI is InChI=1S/C25H60O5Si7/c1-17-22(26)27-25(20(5)6,21(7)8)24(11,19(3)4)23(9,10)37(29-35(12,13)14,28-34-32-31-33-34)30-36(15,16)18-2/h17,19-21,34H,1,18,31-33H2,2-16H3. The summed E-state index contributed by atoms with van der Waals surface area (Å²) in [6, 6.07) is 1.02. The Bertz CT molecular complexity index is 785. The van der Waals surface area contributed by atoms with Gasteiger partial charge < -0.3 is 17.1 Å². The topological polar surface area (TPSA) is 54.0 Å². The second kappa shape index (κ2) is 12.6. The van der Waals surface area contributed by atoms with E-state index in [0.29, 0.717) is 8.55 Å². The van der Waals surface area contributed by atoms with Crippen LogP contribution in [0.5, 0.6) is 0 Å². The lowest BCUT2D eigenvalue weighted by molar-refractivity contribution is -0.215. The summed E-state index contributed by atoms with van der Waals surface area (Å²) in [5.74, 6) is -0.00863. The van der Waals surface area contributed by atoms with E-state index in [0.717, 1.165) is 6.04 Å². The molecule has 5 nitrogen and oxygen atoms in total. The molecule has 1 saturated heterocycles. The quantitative estimate of drug-likeness (QED) is 0.152. The van der Waals surface area contributed by atoms with Gasteiger partial charge in [0.05, 0.1) is 0 Å². The zero-order valence-corrected chi connectivity index (χ0v) is 35.4. The minimum absolute atomic E-state index is 0.0424. The normalized spacial score (nSPS) is 22.9. The summed E-state index contributed by atoms with van der Waals surface area (Å²) in [5.41, 5.74) is -1.24. The molecule has 0 N–H and O–H groups in total. The van der Waals surface area contributed by atoms with Gasteiger partial charge in [-0.25, -0.2) is 4.79 Å². The first kappa shape index (κ1) is 35.6. The molecule has 2 unspecified atom stereocenters. The van der Waals surface area contributed by atoms with Gasteiger partial charge in [0.25, 0.3) is 0 Å². The first-order chi connectivity index (χ1) is 16.6. The fourth-order valence-electron chi connectivity index (χ4n) is 6.41. The van der Waals surface area contributed by atoms with E-state index < -0.39 is 49.6 Å². The lowest BCUT2D eigenvalue weighted by Crippen LogP contribution is -2.75. The number of rotatable bonds is 15. The van der Waals surface area contributed by atoms with E-state index in [1.165, 1.54) is 6.08 Å². The molecular weight excluding hydrogens is 577 g/mol. The summed E-state index contributed by atoms with van der Waals surface area (Å²) >= 11 is 0. The molecule has 0 aromatic carbocycles. The van der Waals surface area contributed by atoms with Crippen molar-refractivity contribution in [3.63, 3.8) is 0 Å². The van der Waals surface area contributed by atoms with E-state index >= 15 is 0 Å². The van der Waals surface area contributed by atoms with Crippen molar-refractivity contribution in [1.82, 2.24) is 0 Å². The van der Waals surface area contributed by atoms with Gasteiger partial charge in [-0.1, -0.05) is 75.8 Å². The smallest absolute Gasteiger partial charge is 0.455 e. The van der Waals surface area contributed by atoms with Crippen molar-refractivity contribution in [2.24, 2.45) is 23.2 Å². The second-order valence-electron chi connectivity index (χ2n) is 14.4. The van der Waals surface area contributed by atoms with Crippen LogP contribution in [0.2, 0.25) is 43.8 Å². The van der Waals surface area contributed by atoms with Crippen molar-refractivity contribution in [2.45, 2.75) is 119 Å². The van der Waals surface area contributed by atoms with E-state index in [2.05, 4.69) is 109 Å². The second-order valence-corrected chi connectivity index (χ2v) is 62.1. The molecule has 0 saturated carbocycles. The molecule has 218 valence electrons. The SMILES string of the molecule is C=CC(=O)OC(C(C)C)(C(C)C)C(C)(C(C)C)C(C)(C)[Si](O[SiH]1[SiH2][SiH2][SiH2]1)(O[Si](C)(C)C)O[Si](C)(C)CC. The van der Waals surface area contributed by atoms with Crippen LogP contribution < -0.4 is 0 Å². The fourth-order valence-corrected chi connectivity index (χ4v) is 64.1. The van der Waals surface area contributed by atoms with Gasteiger partial charge in [0.2, 0.25) is 0 Å². The fraction of sp³-hybridized carbons (Fsp3) is 0.880. The van der Waals surface area contributed by atoms with Crippen LogP contribution in [0, 0.1) is 23.2 Å². The van der Waals surface area contributed by atoms with Crippen LogP contribution in [-0.2, 0) is 21.9 Å². The summed E-state index contributed by atoms with van der Waals surface area (Å²) < 4.78 is 29.1. The van der Waals surface area contributed by atoms with Gasteiger partial charge in [-0.15, -0.1) is 0 Å². The van der Waals surface area contributed by atoms with Gasteiger partial charge in [-0.3, -0.25) is 0 Å². The Morgan fingerprint density at radius 1 is 0.919 bits per heavy atom. The third-order valence-corrected chi connectivity index (χ3v) is 96.8. The summed E-state index contributed by atoms with van der Waals surface area (Å²) in [7, 11) is -8.08. The van der Waals surface area contributed by atoms with Crippen molar-refractivity contribution < 1.29 is 21.9 Å². The minimum atomic E-state index is -3.25. The number of ether oxygens (including phenoxy) is 1. The summed E-state index contributed by atoms with van der Waals surface area (Å²) in [6.45, 7) is 38.0. The maximum Gasteiger partial charge on any atom is 0.475 e. The lowest BCUT2D eigenvalue weighted by atomic mass is 9.52.